The fraction of sp³-hybridized carbons (Fsp3) is 0.333. The van der Waals surface area contributed by atoms with Crippen molar-refractivity contribution in [2.75, 3.05) is 0 Å². The van der Waals surface area contributed by atoms with Gasteiger partial charge in [-0.05, 0) is 24.5 Å². The van der Waals surface area contributed by atoms with Gasteiger partial charge in [-0.1, -0.05) is 6.07 Å². The van der Waals surface area contributed by atoms with Gasteiger partial charge in [-0.2, -0.15) is 0 Å². The Bertz CT molecular complexity index is 251. The van der Waals surface area contributed by atoms with Crippen LogP contribution in [0, 0.1) is 0 Å². The van der Waals surface area contributed by atoms with Crippen molar-refractivity contribution < 1.29 is 9.90 Å². The van der Waals surface area contributed by atoms with Crippen molar-refractivity contribution in [3.05, 3.63) is 30.1 Å². The van der Waals surface area contributed by atoms with Crippen molar-refractivity contribution in [1.82, 2.24) is 4.98 Å². The van der Waals surface area contributed by atoms with Crippen LogP contribution in [0.5, 0.6) is 0 Å². The molecule has 72 valence electrons. The maximum atomic E-state index is 10.2. The van der Waals surface area contributed by atoms with Gasteiger partial charge in [0.15, 0.2) is 0 Å². The first kappa shape index (κ1) is 11.9. The standard InChI is InChI=1S/C9H11NO2.ClH/c11-9(12)5-1-3-8-4-2-6-10-7-8;/h2,4,6-7H,1,3,5H2,(H,11,12);1H. The molecule has 0 saturated heterocycles. The molecule has 0 bridgehead atoms. The quantitative estimate of drug-likeness (QED) is 0.810. The molecule has 0 spiro atoms. The van der Waals surface area contributed by atoms with Crippen molar-refractivity contribution in [3.8, 4) is 0 Å². The number of hydrogen-bond donors (Lipinski definition) is 1. The number of carboxylic acid groups (broad SMARTS) is 1. The molecule has 0 aromatic carbocycles. The van der Waals surface area contributed by atoms with Crippen molar-refractivity contribution in [2.24, 2.45) is 0 Å². The molecule has 0 saturated carbocycles. The average molecular weight is 202 g/mol. The van der Waals surface area contributed by atoms with Crippen molar-refractivity contribution in [3.63, 3.8) is 0 Å². The van der Waals surface area contributed by atoms with E-state index in [0.717, 1.165) is 12.0 Å². The van der Waals surface area contributed by atoms with Crippen molar-refractivity contribution in [1.29, 1.82) is 0 Å². The largest absolute Gasteiger partial charge is 0.481 e. The first-order valence-electron chi connectivity index (χ1n) is 3.90. The molecule has 0 amide bonds. The smallest absolute Gasteiger partial charge is 0.303 e. The molecule has 0 radical (unpaired) electrons. The second-order valence-corrected chi connectivity index (χ2v) is 2.61. The summed E-state index contributed by atoms with van der Waals surface area (Å²) in [7, 11) is 0. The van der Waals surface area contributed by atoms with Gasteiger partial charge in [0, 0.05) is 18.8 Å². The molecule has 0 aliphatic carbocycles. The third kappa shape index (κ3) is 5.20. The molecular weight excluding hydrogens is 190 g/mol. The molecule has 3 nitrogen and oxygen atoms in total. The second-order valence-electron chi connectivity index (χ2n) is 2.61. The number of pyridine rings is 1. The lowest BCUT2D eigenvalue weighted by Gasteiger charge is -1.96. The van der Waals surface area contributed by atoms with Crippen molar-refractivity contribution >= 4 is 18.4 Å². The molecule has 1 rings (SSSR count). The van der Waals surface area contributed by atoms with Gasteiger partial charge in [0.1, 0.15) is 0 Å². The first-order valence-corrected chi connectivity index (χ1v) is 3.90. The number of aliphatic carboxylic acids is 1. The zero-order valence-electron chi connectivity index (χ0n) is 7.14. The van der Waals surface area contributed by atoms with Crippen LogP contribution in [0.3, 0.4) is 0 Å². The average Bonchev–Trinajstić information content (AvgIpc) is 2.05. The van der Waals surface area contributed by atoms with Gasteiger partial charge in [0.2, 0.25) is 0 Å². The minimum atomic E-state index is -0.737. The van der Waals surface area contributed by atoms with Gasteiger partial charge in [-0.15, -0.1) is 12.4 Å². The maximum Gasteiger partial charge on any atom is 0.303 e. The van der Waals surface area contributed by atoms with Crippen LogP contribution in [-0.2, 0) is 11.2 Å². The van der Waals surface area contributed by atoms with E-state index in [1.807, 2.05) is 12.1 Å². The molecule has 13 heavy (non-hydrogen) atoms. The fourth-order valence-corrected chi connectivity index (χ4v) is 0.990. The number of nitrogens with zero attached hydrogens (tertiary/aromatic N) is 1. The predicted molar refractivity (Wildman–Crippen MR) is 52.1 cm³/mol. The molecule has 0 unspecified atom stereocenters. The summed E-state index contributed by atoms with van der Waals surface area (Å²) in [4.78, 5) is 14.1. The number of hydrogen-bond acceptors (Lipinski definition) is 2. The van der Waals surface area contributed by atoms with E-state index in [1.165, 1.54) is 0 Å². The molecule has 4 heteroatoms. The number of aromatic nitrogens is 1. The zero-order chi connectivity index (χ0) is 8.81. The Morgan fingerprint density at radius 1 is 1.54 bits per heavy atom. The van der Waals surface area contributed by atoms with E-state index in [0.29, 0.717) is 6.42 Å². The van der Waals surface area contributed by atoms with Crippen LogP contribution in [0.25, 0.3) is 0 Å². The minimum Gasteiger partial charge on any atom is -0.481 e. The third-order valence-corrected chi connectivity index (χ3v) is 1.58. The van der Waals surface area contributed by atoms with Gasteiger partial charge >= 0.3 is 5.97 Å². The van der Waals surface area contributed by atoms with E-state index in [9.17, 15) is 4.79 Å². The van der Waals surface area contributed by atoms with Crippen LogP contribution < -0.4 is 0 Å². The normalized spacial score (nSPS) is 8.92. The molecule has 0 aliphatic heterocycles. The van der Waals surface area contributed by atoms with Crippen molar-refractivity contribution in [2.45, 2.75) is 19.3 Å². The highest BCUT2D eigenvalue weighted by atomic mass is 35.5. The third-order valence-electron chi connectivity index (χ3n) is 1.58. The summed E-state index contributed by atoms with van der Waals surface area (Å²) in [5.41, 5.74) is 1.10. The Hall–Kier alpha value is -1.09. The monoisotopic (exact) mass is 201 g/mol. The van der Waals surface area contributed by atoms with Crippen LogP contribution in [-0.4, -0.2) is 16.1 Å². The summed E-state index contributed by atoms with van der Waals surface area (Å²) >= 11 is 0. The molecule has 1 heterocycles. The molecule has 0 fully saturated rings. The molecule has 0 atom stereocenters. The minimum absolute atomic E-state index is 0. The molecule has 1 aromatic rings. The summed E-state index contributed by atoms with van der Waals surface area (Å²) < 4.78 is 0. The van der Waals surface area contributed by atoms with Crippen LogP contribution >= 0.6 is 12.4 Å². The summed E-state index contributed by atoms with van der Waals surface area (Å²) in [6, 6.07) is 3.81. The lowest BCUT2D eigenvalue weighted by atomic mass is 10.1. The van der Waals surface area contributed by atoms with Crippen LogP contribution in [0.15, 0.2) is 24.5 Å². The van der Waals surface area contributed by atoms with Gasteiger partial charge in [0.25, 0.3) is 0 Å². The van der Waals surface area contributed by atoms with Crippen LogP contribution in [0.1, 0.15) is 18.4 Å². The first-order chi connectivity index (χ1) is 5.79. The Kier molecular flexibility index (Phi) is 5.89. The summed E-state index contributed by atoms with van der Waals surface area (Å²) in [6.07, 6.45) is 5.18. The van der Waals surface area contributed by atoms with E-state index < -0.39 is 5.97 Å². The number of carboxylic acids is 1. The zero-order valence-corrected chi connectivity index (χ0v) is 7.96. The highest BCUT2D eigenvalue weighted by Crippen LogP contribution is 2.02. The van der Waals surface area contributed by atoms with E-state index in [1.54, 1.807) is 12.4 Å². The topological polar surface area (TPSA) is 50.2 Å². The lowest BCUT2D eigenvalue weighted by Crippen LogP contribution is -1.95. The molecule has 1 N–H and O–H groups in total. The van der Waals surface area contributed by atoms with E-state index in [-0.39, 0.29) is 18.8 Å². The highest BCUT2D eigenvalue weighted by molar-refractivity contribution is 5.85. The summed E-state index contributed by atoms with van der Waals surface area (Å²) in [6.45, 7) is 0. The molecule has 1 aromatic heterocycles. The second kappa shape index (κ2) is 6.43. The molecular formula is C9H12ClNO2. The van der Waals surface area contributed by atoms with Gasteiger partial charge < -0.3 is 5.11 Å². The van der Waals surface area contributed by atoms with Gasteiger partial charge in [-0.3, -0.25) is 9.78 Å². The van der Waals surface area contributed by atoms with Gasteiger partial charge in [-0.25, -0.2) is 0 Å². The Balaban J connectivity index is 0.00000144. The van der Waals surface area contributed by atoms with Crippen LogP contribution in [0.4, 0.5) is 0 Å². The summed E-state index contributed by atoms with van der Waals surface area (Å²) in [5, 5.41) is 8.38. The van der Waals surface area contributed by atoms with E-state index in [2.05, 4.69) is 4.98 Å². The van der Waals surface area contributed by atoms with Crippen LogP contribution in [0.2, 0.25) is 0 Å². The Morgan fingerprint density at radius 2 is 2.31 bits per heavy atom. The Morgan fingerprint density at radius 3 is 2.85 bits per heavy atom. The Labute approximate surface area is 83.2 Å². The maximum absolute atomic E-state index is 10.2. The van der Waals surface area contributed by atoms with E-state index >= 15 is 0 Å². The number of rotatable bonds is 4. The predicted octanol–water partition coefficient (Wildman–Crippen LogP) is 1.91. The number of aryl methyl sites for hydroxylation is 1. The van der Waals surface area contributed by atoms with Gasteiger partial charge in [0.05, 0.1) is 0 Å². The lowest BCUT2D eigenvalue weighted by molar-refractivity contribution is -0.137. The highest BCUT2D eigenvalue weighted by Gasteiger charge is 1.97. The van der Waals surface area contributed by atoms with E-state index in [4.69, 9.17) is 5.11 Å². The SMILES string of the molecule is Cl.O=C(O)CCCc1cccnc1. The molecule has 0 aliphatic rings. The summed E-state index contributed by atoms with van der Waals surface area (Å²) in [5.74, 6) is -0.737. The number of halogens is 1. The fourth-order valence-electron chi connectivity index (χ4n) is 0.990. The number of carbonyl (C=O) groups is 1.